The number of nitrogens with zero attached hydrogens (tertiary/aromatic N) is 6. The molecule has 16 rings (SSSR count). The average Bonchev–Trinajstić information content (AvgIpc) is 1.56. The Morgan fingerprint density at radius 1 is 0.274 bits per heavy atom. The van der Waals surface area contributed by atoms with E-state index in [0.717, 1.165) is 49.4 Å². The highest BCUT2D eigenvalue weighted by Crippen LogP contribution is 2.49. The second-order valence-electron chi connectivity index (χ2n) is 31.4. The molecule has 0 fully saturated rings. The van der Waals surface area contributed by atoms with Crippen molar-refractivity contribution in [3.63, 3.8) is 0 Å². The number of hydrogen-bond donors (Lipinski definition) is 0. The van der Waals surface area contributed by atoms with Gasteiger partial charge >= 0.3 is 0 Å². The molecule has 16 aromatic rings. The van der Waals surface area contributed by atoms with Crippen molar-refractivity contribution in [2.24, 2.45) is 0 Å². The summed E-state index contributed by atoms with van der Waals surface area (Å²) in [6.45, 7) is 22.5. The van der Waals surface area contributed by atoms with Gasteiger partial charge in [0.2, 0.25) is 11.6 Å². The first-order valence-corrected chi connectivity index (χ1v) is 34.7. The Morgan fingerprint density at radius 3 is 0.981 bits per heavy atom. The molecule has 0 radical (unpaired) electrons. The Labute approximate surface area is 603 Å². The second-order valence-corrected chi connectivity index (χ2v) is 31.4. The van der Waals surface area contributed by atoms with Crippen LogP contribution in [0.4, 0.5) is 43.9 Å². The van der Waals surface area contributed by atoms with E-state index in [1.165, 1.54) is 24.3 Å². The summed E-state index contributed by atoms with van der Waals surface area (Å²) in [5.41, 5.74) is 4.27. The maximum Gasteiger partial charge on any atom is 0.200 e. The van der Waals surface area contributed by atoms with E-state index in [-0.39, 0.29) is 55.8 Å². The maximum absolute atomic E-state index is 17.0. The molecule has 0 amide bonds. The lowest BCUT2D eigenvalue weighted by Crippen LogP contribution is -2.20. The molecule has 0 saturated carbocycles. The van der Waals surface area contributed by atoms with Gasteiger partial charge in [0.15, 0.2) is 46.5 Å². The SMILES string of the molecule is CC(C)(C)c1ccc2c(c1)c1ccccc1n2-c1cc(C#N)c(-n2c3ccccc3c3cc(C(C)(C)Cc4ccc5c(c4)c4ccc(C(C)(C)C)cc4n5-c4cc(C#N)c(-n5c6ccccc6c6ccc(C(C)(C)C)cc65)cc4-c4c(F)c(F)c(F)c(F)c4F)ccc32)cc1-c1c(F)c(F)c(F)c(F)c1F. The van der Waals surface area contributed by atoms with Gasteiger partial charge < -0.3 is 18.3 Å². The van der Waals surface area contributed by atoms with E-state index in [4.69, 9.17) is 0 Å². The molecule has 16 heteroatoms. The number of para-hydroxylation sites is 3. The Morgan fingerprint density at radius 2 is 0.566 bits per heavy atom. The number of halogens is 10. The number of aromatic nitrogens is 4. The summed E-state index contributed by atoms with van der Waals surface area (Å²) < 4.78 is 168. The van der Waals surface area contributed by atoms with E-state index >= 15 is 43.9 Å². The second kappa shape index (κ2) is 24.1. The predicted molar refractivity (Wildman–Crippen MR) is 403 cm³/mol. The molecule has 0 unspecified atom stereocenters. The largest absolute Gasteiger partial charge is 0.309 e. The van der Waals surface area contributed by atoms with Crippen LogP contribution in [-0.4, -0.2) is 18.3 Å². The van der Waals surface area contributed by atoms with Crippen molar-refractivity contribution in [3.05, 3.63) is 285 Å². The van der Waals surface area contributed by atoms with E-state index in [1.54, 1.807) is 36.5 Å². The third-order valence-electron chi connectivity index (χ3n) is 21.3. The molecule has 4 aromatic heterocycles. The summed E-state index contributed by atoms with van der Waals surface area (Å²) in [7, 11) is 0. The molecule has 6 nitrogen and oxygen atoms in total. The molecule has 0 spiro atoms. The molecule has 0 aliphatic carbocycles. The summed E-state index contributed by atoms with van der Waals surface area (Å²) >= 11 is 0. The van der Waals surface area contributed by atoms with E-state index in [2.05, 4.69) is 67.5 Å². The Balaban J connectivity index is 0.868. The molecule has 0 N–H and O–H groups in total. The summed E-state index contributed by atoms with van der Waals surface area (Å²) in [4.78, 5) is 0. The fourth-order valence-corrected chi connectivity index (χ4v) is 15.7. The van der Waals surface area contributed by atoms with Crippen LogP contribution in [0.5, 0.6) is 0 Å². The van der Waals surface area contributed by atoms with Gasteiger partial charge in [-0.05, 0) is 147 Å². The molecule has 0 bridgehead atoms. The van der Waals surface area contributed by atoms with Crippen molar-refractivity contribution in [1.82, 2.24) is 18.3 Å². The van der Waals surface area contributed by atoms with Crippen molar-refractivity contribution in [3.8, 4) is 57.1 Å². The fourth-order valence-electron chi connectivity index (χ4n) is 15.7. The van der Waals surface area contributed by atoms with Crippen LogP contribution in [0.15, 0.2) is 188 Å². The molecule has 0 aliphatic heterocycles. The van der Waals surface area contributed by atoms with Crippen LogP contribution in [0.2, 0.25) is 0 Å². The highest BCUT2D eigenvalue weighted by Gasteiger charge is 2.35. The van der Waals surface area contributed by atoms with Gasteiger partial charge in [0.05, 0.1) is 89.1 Å². The zero-order chi connectivity index (χ0) is 75.0. The summed E-state index contributed by atoms with van der Waals surface area (Å²) in [5.74, 6) is -21.4. The first kappa shape index (κ1) is 68.5. The standard InChI is InChI=1S/C90H66F10N6/c1-87(2,3)49-27-32-68-59(37-49)54-19-14-17-23-65(54)104(68)71-35-47(44-101)69(41-61(71)75-77(91)81(95)85(99)82(96)78(75)92)103-64-22-16-13-20-55(64)60-38-52(28-33-67(60)103)90(10,11)43-46-24-31-66-58(34-46)57-30-26-51(89(7,8)9)40-74(57)106(66)72-36-48(45-102)70(42-62(72)76-79(93)83(97)86(100)84(98)80(76)94)105-63-21-15-12-18-53(63)56-29-25-50(39-73(56)105)88(4,5)6/h12-42H,43H2,1-11H3. The number of rotatable bonds is 9. The minimum atomic E-state index is -2.32. The van der Waals surface area contributed by atoms with E-state index < -0.39 is 80.1 Å². The highest BCUT2D eigenvalue weighted by molar-refractivity contribution is 6.14. The molecule has 12 aromatic carbocycles. The van der Waals surface area contributed by atoms with Crippen molar-refractivity contribution < 1.29 is 43.9 Å². The predicted octanol–water partition coefficient (Wildman–Crippen LogP) is 25.0. The molecule has 0 saturated heterocycles. The lowest BCUT2D eigenvalue weighted by molar-refractivity contribution is 0.381. The number of benzene rings is 12. The van der Waals surface area contributed by atoms with Crippen molar-refractivity contribution in [1.29, 1.82) is 10.5 Å². The Kier molecular flexibility index (Phi) is 15.6. The van der Waals surface area contributed by atoms with Crippen LogP contribution in [0.25, 0.3) is 132 Å². The zero-order valence-electron chi connectivity index (χ0n) is 59.6. The third kappa shape index (κ3) is 10.4. The molecular formula is C90H66F10N6. The van der Waals surface area contributed by atoms with Gasteiger partial charge in [-0.25, -0.2) is 43.9 Å². The van der Waals surface area contributed by atoms with E-state index in [0.29, 0.717) is 72.1 Å². The molecule has 4 heterocycles. The minimum absolute atomic E-state index is 0.0117. The lowest BCUT2D eigenvalue weighted by Gasteiger charge is -2.26. The number of nitriles is 2. The Hall–Kier alpha value is -11.9. The fraction of sp³-hybridized carbons (Fsp3) is 0.178. The van der Waals surface area contributed by atoms with Crippen molar-refractivity contribution in [2.45, 2.75) is 104 Å². The average molecular weight is 1420 g/mol. The van der Waals surface area contributed by atoms with Crippen LogP contribution in [-0.2, 0) is 28.1 Å². The summed E-state index contributed by atoms with van der Waals surface area (Å²) in [5, 5.41) is 28.6. The van der Waals surface area contributed by atoms with Crippen molar-refractivity contribution >= 4 is 87.2 Å². The van der Waals surface area contributed by atoms with E-state index in [1.807, 2.05) is 166 Å². The minimum Gasteiger partial charge on any atom is -0.309 e. The van der Waals surface area contributed by atoms with Crippen molar-refractivity contribution in [2.75, 3.05) is 0 Å². The Bertz CT molecular complexity index is 6560. The highest BCUT2D eigenvalue weighted by atomic mass is 19.2. The molecule has 0 aliphatic rings. The quantitative estimate of drug-likeness (QED) is 0.0821. The lowest BCUT2D eigenvalue weighted by atomic mass is 9.78. The van der Waals surface area contributed by atoms with Gasteiger partial charge in [0.25, 0.3) is 0 Å². The first-order chi connectivity index (χ1) is 50.3. The topological polar surface area (TPSA) is 67.3 Å². The number of fused-ring (bicyclic) bond motifs is 12. The normalized spacial score (nSPS) is 12.6. The van der Waals surface area contributed by atoms with Gasteiger partial charge in [-0.2, -0.15) is 10.5 Å². The summed E-state index contributed by atoms with van der Waals surface area (Å²) in [6.07, 6.45) is 0.393. The third-order valence-corrected chi connectivity index (χ3v) is 21.3. The maximum atomic E-state index is 17.0. The smallest absolute Gasteiger partial charge is 0.200 e. The van der Waals surface area contributed by atoms with Gasteiger partial charge in [0.1, 0.15) is 12.1 Å². The molecule has 526 valence electrons. The summed E-state index contributed by atoms with van der Waals surface area (Å²) in [6, 6.07) is 61.6. The van der Waals surface area contributed by atoms with Gasteiger partial charge in [-0.1, -0.05) is 173 Å². The van der Waals surface area contributed by atoms with Gasteiger partial charge in [-0.15, -0.1) is 0 Å². The molecular weight excluding hydrogens is 1360 g/mol. The van der Waals surface area contributed by atoms with Crippen LogP contribution < -0.4 is 0 Å². The van der Waals surface area contributed by atoms with Crippen LogP contribution in [0.3, 0.4) is 0 Å². The first-order valence-electron chi connectivity index (χ1n) is 34.7. The van der Waals surface area contributed by atoms with Gasteiger partial charge in [0, 0.05) is 54.2 Å². The van der Waals surface area contributed by atoms with Crippen LogP contribution >= 0.6 is 0 Å². The zero-order valence-corrected chi connectivity index (χ0v) is 59.6. The van der Waals surface area contributed by atoms with E-state index in [9.17, 15) is 10.5 Å². The molecule has 106 heavy (non-hydrogen) atoms. The van der Waals surface area contributed by atoms with Gasteiger partial charge in [-0.3, -0.25) is 0 Å². The monoisotopic (exact) mass is 1420 g/mol. The number of hydrogen-bond acceptors (Lipinski definition) is 2. The van der Waals surface area contributed by atoms with Crippen LogP contribution in [0.1, 0.15) is 115 Å². The van der Waals surface area contributed by atoms with Crippen LogP contribution in [0, 0.1) is 80.8 Å². The molecule has 0 atom stereocenters.